The topological polar surface area (TPSA) is 76.7 Å². The van der Waals surface area contributed by atoms with Gasteiger partial charge >= 0.3 is 0 Å². The molecular formula is C20H22N2O4. The number of amides is 2. The van der Waals surface area contributed by atoms with Crippen LogP contribution in [0.25, 0.3) is 6.08 Å². The van der Waals surface area contributed by atoms with Crippen molar-refractivity contribution in [3.05, 3.63) is 65.2 Å². The molecule has 2 rings (SSSR count). The lowest BCUT2D eigenvalue weighted by atomic mass is 10.1. The van der Waals surface area contributed by atoms with Crippen molar-refractivity contribution in [3.63, 3.8) is 0 Å². The molecule has 0 aliphatic carbocycles. The average molecular weight is 354 g/mol. The van der Waals surface area contributed by atoms with E-state index in [0.29, 0.717) is 23.7 Å². The molecule has 0 heterocycles. The second-order valence-corrected chi connectivity index (χ2v) is 5.49. The molecule has 0 spiro atoms. The highest BCUT2D eigenvalue weighted by Gasteiger charge is 2.11. The van der Waals surface area contributed by atoms with Gasteiger partial charge in [-0.05, 0) is 43.7 Å². The number of hydrogen-bond acceptors (Lipinski definition) is 4. The molecule has 26 heavy (non-hydrogen) atoms. The van der Waals surface area contributed by atoms with Crippen LogP contribution in [0.2, 0.25) is 0 Å². The number of benzene rings is 2. The summed E-state index contributed by atoms with van der Waals surface area (Å²) in [6.45, 7) is 4.34. The van der Waals surface area contributed by atoms with Gasteiger partial charge in [-0.25, -0.2) is 0 Å². The standard InChI is InChI=1S/C20H22N2O4/c1-4-26-17-11-10-16(13-18(17)25-3)20(24)22-21-19(23)12-9-15-7-5-14(2)6-8-15/h5-13H,4H2,1-3H3,(H,21,23)(H,22,24)/b12-9+. The van der Waals surface area contributed by atoms with Gasteiger partial charge in [0.25, 0.3) is 11.8 Å². The Hall–Kier alpha value is -3.28. The number of methoxy groups -OCH3 is 1. The normalized spacial score (nSPS) is 10.4. The van der Waals surface area contributed by atoms with Crippen LogP contribution in [0.1, 0.15) is 28.4 Å². The van der Waals surface area contributed by atoms with Gasteiger partial charge in [0.15, 0.2) is 11.5 Å². The van der Waals surface area contributed by atoms with Crippen molar-refractivity contribution in [1.29, 1.82) is 0 Å². The minimum absolute atomic E-state index is 0.341. The SMILES string of the molecule is CCOc1ccc(C(=O)NNC(=O)/C=C/c2ccc(C)cc2)cc1OC. The molecule has 2 N–H and O–H groups in total. The van der Waals surface area contributed by atoms with Gasteiger partial charge in [-0.1, -0.05) is 29.8 Å². The predicted octanol–water partition coefficient (Wildman–Crippen LogP) is 2.88. The number of ether oxygens (including phenoxy) is 2. The molecule has 0 saturated carbocycles. The first-order valence-corrected chi connectivity index (χ1v) is 8.19. The summed E-state index contributed by atoms with van der Waals surface area (Å²) in [4.78, 5) is 24.0. The molecule has 0 aliphatic rings. The van der Waals surface area contributed by atoms with E-state index >= 15 is 0 Å². The summed E-state index contributed by atoms with van der Waals surface area (Å²) in [5, 5.41) is 0. The lowest BCUT2D eigenvalue weighted by molar-refractivity contribution is -0.117. The lowest BCUT2D eigenvalue weighted by Crippen LogP contribution is -2.40. The van der Waals surface area contributed by atoms with Crippen molar-refractivity contribution in [1.82, 2.24) is 10.9 Å². The molecule has 0 aromatic heterocycles. The van der Waals surface area contributed by atoms with Crippen LogP contribution in [-0.4, -0.2) is 25.5 Å². The molecule has 0 aliphatic heterocycles. The van der Waals surface area contributed by atoms with E-state index in [0.717, 1.165) is 11.1 Å². The summed E-state index contributed by atoms with van der Waals surface area (Å²) in [6, 6.07) is 12.5. The van der Waals surface area contributed by atoms with E-state index in [9.17, 15) is 9.59 Å². The van der Waals surface area contributed by atoms with Gasteiger partial charge in [0.05, 0.1) is 13.7 Å². The van der Waals surface area contributed by atoms with Crippen LogP contribution in [0.3, 0.4) is 0 Å². The van der Waals surface area contributed by atoms with Crippen molar-refractivity contribution < 1.29 is 19.1 Å². The van der Waals surface area contributed by atoms with Gasteiger partial charge in [-0.3, -0.25) is 20.4 Å². The fraction of sp³-hybridized carbons (Fsp3) is 0.200. The fourth-order valence-electron chi connectivity index (χ4n) is 2.17. The molecule has 0 unspecified atom stereocenters. The summed E-state index contributed by atoms with van der Waals surface area (Å²) in [6.07, 6.45) is 3.02. The smallest absolute Gasteiger partial charge is 0.269 e. The van der Waals surface area contributed by atoms with Gasteiger partial charge in [-0.15, -0.1) is 0 Å². The summed E-state index contributed by atoms with van der Waals surface area (Å²) >= 11 is 0. The molecule has 136 valence electrons. The number of hydrazine groups is 1. The van der Waals surface area contributed by atoms with Crippen LogP contribution >= 0.6 is 0 Å². The molecule has 0 saturated heterocycles. The minimum atomic E-state index is -0.455. The molecule has 6 nitrogen and oxygen atoms in total. The molecule has 2 aromatic carbocycles. The molecule has 2 amide bonds. The number of rotatable bonds is 6. The Morgan fingerprint density at radius 2 is 1.77 bits per heavy atom. The lowest BCUT2D eigenvalue weighted by Gasteiger charge is -2.11. The van der Waals surface area contributed by atoms with Crippen LogP contribution in [0.5, 0.6) is 11.5 Å². The van der Waals surface area contributed by atoms with Crippen molar-refractivity contribution in [2.45, 2.75) is 13.8 Å². The summed E-state index contributed by atoms with van der Waals surface area (Å²) < 4.78 is 10.6. The van der Waals surface area contributed by atoms with E-state index in [2.05, 4.69) is 10.9 Å². The highest BCUT2D eigenvalue weighted by atomic mass is 16.5. The largest absolute Gasteiger partial charge is 0.493 e. The fourth-order valence-corrected chi connectivity index (χ4v) is 2.17. The Bertz CT molecular complexity index is 798. The van der Waals surface area contributed by atoms with Gasteiger partial charge < -0.3 is 9.47 Å². The molecule has 0 bridgehead atoms. The number of carbonyl (C=O) groups excluding carboxylic acids is 2. The Balaban J connectivity index is 1.93. The van der Waals surface area contributed by atoms with E-state index in [-0.39, 0.29) is 0 Å². The van der Waals surface area contributed by atoms with E-state index in [1.165, 1.54) is 13.2 Å². The first kappa shape index (κ1) is 19.1. The van der Waals surface area contributed by atoms with Crippen molar-refractivity contribution >= 4 is 17.9 Å². The maximum atomic E-state index is 12.2. The van der Waals surface area contributed by atoms with Gasteiger partial charge in [0.2, 0.25) is 0 Å². The van der Waals surface area contributed by atoms with E-state index in [4.69, 9.17) is 9.47 Å². The van der Waals surface area contributed by atoms with Gasteiger partial charge in [0.1, 0.15) is 0 Å². The van der Waals surface area contributed by atoms with Gasteiger partial charge in [0, 0.05) is 11.6 Å². The first-order chi connectivity index (χ1) is 12.5. The summed E-state index contributed by atoms with van der Waals surface area (Å²) in [7, 11) is 1.50. The number of aryl methyl sites for hydroxylation is 1. The Morgan fingerprint density at radius 3 is 2.42 bits per heavy atom. The van der Waals surface area contributed by atoms with Crippen molar-refractivity contribution in [3.8, 4) is 11.5 Å². The monoisotopic (exact) mass is 354 g/mol. The highest BCUT2D eigenvalue weighted by molar-refractivity contribution is 5.98. The quantitative estimate of drug-likeness (QED) is 0.618. The van der Waals surface area contributed by atoms with Crippen molar-refractivity contribution in [2.24, 2.45) is 0 Å². The predicted molar refractivity (Wildman–Crippen MR) is 100.0 cm³/mol. The second-order valence-electron chi connectivity index (χ2n) is 5.49. The van der Waals surface area contributed by atoms with Crippen LogP contribution in [-0.2, 0) is 4.79 Å². The van der Waals surface area contributed by atoms with Crippen LogP contribution in [0, 0.1) is 6.92 Å². The van der Waals surface area contributed by atoms with Crippen LogP contribution in [0.4, 0.5) is 0 Å². The summed E-state index contributed by atoms with van der Waals surface area (Å²) in [5.41, 5.74) is 7.08. The average Bonchev–Trinajstić information content (AvgIpc) is 2.66. The molecular weight excluding hydrogens is 332 g/mol. The zero-order valence-electron chi connectivity index (χ0n) is 15.0. The maximum absolute atomic E-state index is 12.2. The van der Waals surface area contributed by atoms with E-state index in [1.807, 2.05) is 38.1 Å². The van der Waals surface area contributed by atoms with Crippen LogP contribution < -0.4 is 20.3 Å². The molecule has 6 heteroatoms. The number of hydrogen-bond donors (Lipinski definition) is 2. The Morgan fingerprint density at radius 1 is 1.04 bits per heavy atom. The second kappa shape index (κ2) is 9.27. The molecule has 0 fully saturated rings. The zero-order valence-corrected chi connectivity index (χ0v) is 15.0. The number of nitrogens with one attached hydrogen (secondary N) is 2. The first-order valence-electron chi connectivity index (χ1n) is 8.19. The Kier molecular flexibility index (Phi) is 6.79. The van der Waals surface area contributed by atoms with E-state index in [1.54, 1.807) is 24.3 Å². The zero-order chi connectivity index (χ0) is 18.9. The van der Waals surface area contributed by atoms with Crippen LogP contribution in [0.15, 0.2) is 48.5 Å². The third-order valence-corrected chi connectivity index (χ3v) is 3.53. The molecule has 2 aromatic rings. The molecule has 0 radical (unpaired) electrons. The van der Waals surface area contributed by atoms with Gasteiger partial charge in [-0.2, -0.15) is 0 Å². The van der Waals surface area contributed by atoms with E-state index < -0.39 is 11.8 Å². The third kappa shape index (κ3) is 5.37. The highest BCUT2D eigenvalue weighted by Crippen LogP contribution is 2.27. The van der Waals surface area contributed by atoms with Crippen molar-refractivity contribution in [2.75, 3.05) is 13.7 Å². The third-order valence-electron chi connectivity index (χ3n) is 3.53. The Labute approximate surface area is 152 Å². The minimum Gasteiger partial charge on any atom is -0.493 e. The maximum Gasteiger partial charge on any atom is 0.269 e. The summed E-state index contributed by atoms with van der Waals surface area (Å²) in [5.74, 6) is 0.113. The molecule has 0 atom stereocenters. The number of carbonyl (C=O) groups is 2.